The summed E-state index contributed by atoms with van der Waals surface area (Å²) in [6, 6.07) is 9.05. The molecule has 1 aliphatic rings. The quantitative estimate of drug-likeness (QED) is 0.776. The first-order chi connectivity index (χ1) is 7.77. The summed E-state index contributed by atoms with van der Waals surface area (Å²) in [6.45, 7) is 0. The van der Waals surface area contributed by atoms with Crippen LogP contribution in [0, 0.1) is 0 Å². The molecule has 3 nitrogen and oxygen atoms in total. The molecule has 1 amide bonds. The number of hydrazone groups is 1. The van der Waals surface area contributed by atoms with Crippen LogP contribution in [0.1, 0.15) is 10.4 Å². The molecule has 0 radical (unpaired) electrons. The highest BCUT2D eigenvalue weighted by atomic mass is 79.9. The molecule has 16 heavy (non-hydrogen) atoms. The van der Waals surface area contributed by atoms with Crippen molar-refractivity contribution in [3.63, 3.8) is 0 Å². The van der Waals surface area contributed by atoms with E-state index in [1.807, 2.05) is 24.3 Å². The van der Waals surface area contributed by atoms with Crippen LogP contribution in [0.3, 0.4) is 0 Å². The summed E-state index contributed by atoms with van der Waals surface area (Å²) in [5.41, 5.74) is 0.613. The number of carbonyl (C=O) groups excluding carboxylic acids is 1. The second-order valence-corrected chi connectivity index (χ2v) is 4.07. The van der Waals surface area contributed by atoms with Gasteiger partial charge in [0.2, 0.25) is 0 Å². The van der Waals surface area contributed by atoms with Crippen LogP contribution in [-0.4, -0.2) is 17.1 Å². The summed E-state index contributed by atoms with van der Waals surface area (Å²) < 4.78 is 0.826. The monoisotopic (exact) mass is 276 g/mol. The Morgan fingerprint density at radius 3 is 2.75 bits per heavy atom. The molecule has 0 N–H and O–H groups in total. The van der Waals surface area contributed by atoms with Gasteiger partial charge in [0, 0.05) is 16.2 Å². The number of hydrogen-bond acceptors (Lipinski definition) is 2. The van der Waals surface area contributed by atoms with Gasteiger partial charge in [0.1, 0.15) is 0 Å². The summed E-state index contributed by atoms with van der Waals surface area (Å²) in [5, 5.41) is 5.34. The van der Waals surface area contributed by atoms with E-state index in [0.29, 0.717) is 5.56 Å². The molecule has 1 aromatic rings. The fraction of sp³-hybridized carbons (Fsp3) is 0. The van der Waals surface area contributed by atoms with Crippen LogP contribution < -0.4 is 0 Å². The van der Waals surface area contributed by atoms with Gasteiger partial charge < -0.3 is 0 Å². The first-order valence-electron chi connectivity index (χ1n) is 4.74. The van der Waals surface area contributed by atoms with Crippen molar-refractivity contribution in [3.8, 4) is 0 Å². The van der Waals surface area contributed by atoms with E-state index in [9.17, 15) is 4.79 Å². The number of nitrogens with zero attached hydrogens (tertiary/aromatic N) is 2. The van der Waals surface area contributed by atoms with Gasteiger partial charge in [-0.1, -0.05) is 18.2 Å². The summed E-state index contributed by atoms with van der Waals surface area (Å²) in [4.78, 5) is 12.0. The molecule has 0 atom stereocenters. The first kappa shape index (κ1) is 10.8. The minimum Gasteiger partial charge on any atom is -0.267 e. The lowest BCUT2D eigenvalue weighted by atomic mass is 10.2. The lowest BCUT2D eigenvalue weighted by molar-refractivity contribution is 0.0827. The molecule has 0 saturated carbocycles. The van der Waals surface area contributed by atoms with Gasteiger partial charge in [0.25, 0.3) is 5.91 Å². The van der Waals surface area contributed by atoms with E-state index in [1.54, 1.807) is 30.6 Å². The predicted molar refractivity (Wildman–Crippen MR) is 67.3 cm³/mol. The van der Waals surface area contributed by atoms with E-state index in [2.05, 4.69) is 21.0 Å². The van der Waals surface area contributed by atoms with Crippen molar-refractivity contribution < 1.29 is 4.79 Å². The van der Waals surface area contributed by atoms with Crippen molar-refractivity contribution >= 4 is 28.1 Å². The Balaban J connectivity index is 2.22. The number of rotatable bonds is 1. The number of amides is 1. The van der Waals surface area contributed by atoms with Crippen LogP contribution in [0.5, 0.6) is 0 Å². The Kier molecular flexibility index (Phi) is 3.31. The highest BCUT2D eigenvalue weighted by molar-refractivity contribution is 9.12. The molecule has 0 fully saturated rings. The topological polar surface area (TPSA) is 32.7 Å². The number of halogens is 1. The molecular weight excluding hydrogens is 268 g/mol. The maximum atomic E-state index is 12.0. The summed E-state index contributed by atoms with van der Waals surface area (Å²) in [5.74, 6) is -0.149. The van der Waals surface area contributed by atoms with E-state index >= 15 is 0 Å². The molecule has 1 heterocycles. The SMILES string of the molecule is O=C(c1ccccc1)N1C=CC=C(Br)C=N1. The van der Waals surface area contributed by atoms with Gasteiger partial charge in [-0.25, -0.2) is 5.01 Å². The predicted octanol–water partition coefficient (Wildman–Crippen LogP) is 2.92. The van der Waals surface area contributed by atoms with E-state index in [-0.39, 0.29) is 5.91 Å². The number of allylic oxidation sites excluding steroid dienone is 3. The van der Waals surface area contributed by atoms with Crippen molar-refractivity contribution in [2.75, 3.05) is 0 Å². The molecule has 2 rings (SSSR count). The number of benzene rings is 1. The Labute approximate surface area is 102 Å². The zero-order valence-corrected chi connectivity index (χ0v) is 9.96. The van der Waals surface area contributed by atoms with Crippen LogP contribution in [0.4, 0.5) is 0 Å². The molecule has 80 valence electrons. The Hall–Kier alpha value is -1.68. The average Bonchev–Trinajstić information content (AvgIpc) is 2.54. The van der Waals surface area contributed by atoms with Crippen LogP contribution in [0.15, 0.2) is 58.3 Å². The van der Waals surface area contributed by atoms with E-state index in [1.165, 1.54) is 5.01 Å². The van der Waals surface area contributed by atoms with Crippen molar-refractivity contribution in [2.24, 2.45) is 5.10 Å². The minimum atomic E-state index is -0.149. The van der Waals surface area contributed by atoms with Crippen molar-refractivity contribution in [3.05, 3.63) is 58.7 Å². The molecular formula is C12H9BrN2O. The van der Waals surface area contributed by atoms with Gasteiger partial charge in [0.05, 0.1) is 6.21 Å². The molecule has 4 heteroatoms. The maximum Gasteiger partial charge on any atom is 0.278 e. The van der Waals surface area contributed by atoms with Crippen LogP contribution >= 0.6 is 15.9 Å². The van der Waals surface area contributed by atoms with E-state index in [4.69, 9.17) is 0 Å². The average molecular weight is 277 g/mol. The fourth-order valence-corrected chi connectivity index (χ4v) is 1.49. The molecule has 0 saturated heterocycles. The molecule has 0 spiro atoms. The lowest BCUT2D eigenvalue weighted by Gasteiger charge is -2.10. The zero-order chi connectivity index (χ0) is 11.4. The summed E-state index contributed by atoms with van der Waals surface area (Å²) in [7, 11) is 0. The largest absolute Gasteiger partial charge is 0.278 e. The van der Waals surface area contributed by atoms with Crippen LogP contribution in [-0.2, 0) is 0 Å². The van der Waals surface area contributed by atoms with Crippen molar-refractivity contribution in [2.45, 2.75) is 0 Å². The van der Waals surface area contributed by atoms with E-state index < -0.39 is 0 Å². The van der Waals surface area contributed by atoms with Crippen molar-refractivity contribution in [1.82, 2.24) is 5.01 Å². The minimum absolute atomic E-state index is 0.149. The van der Waals surface area contributed by atoms with Crippen LogP contribution in [0.25, 0.3) is 0 Å². The lowest BCUT2D eigenvalue weighted by Crippen LogP contribution is -2.19. The first-order valence-corrected chi connectivity index (χ1v) is 5.53. The second kappa shape index (κ2) is 4.90. The molecule has 0 unspecified atom stereocenters. The smallest absolute Gasteiger partial charge is 0.267 e. The highest BCUT2D eigenvalue weighted by Gasteiger charge is 2.12. The Morgan fingerprint density at radius 2 is 2.00 bits per heavy atom. The van der Waals surface area contributed by atoms with Crippen molar-refractivity contribution in [1.29, 1.82) is 0 Å². The molecule has 1 aliphatic heterocycles. The molecule has 0 aliphatic carbocycles. The normalized spacial score (nSPS) is 14.6. The molecule has 1 aromatic carbocycles. The van der Waals surface area contributed by atoms with Gasteiger partial charge >= 0.3 is 0 Å². The van der Waals surface area contributed by atoms with Gasteiger partial charge in [0.15, 0.2) is 0 Å². The standard InChI is InChI=1S/C12H9BrN2O/c13-11-7-4-8-15(14-9-11)12(16)10-5-2-1-3-6-10/h1-9H. The third kappa shape index (κ3) is 2.46. The summed E-state index contributed by atoms with van der Waals surface area (Å²) in [6.07, 6.45) is 6.79. The molecule has 0 bridgehead atoms. The Morgan fingerprint density at radius 1 is 1.25 bits per heavy atom. The maximum absolute atomic E-state index is 12.0. The summed E-state index contributed by atoms with van der Waals surface area (Å²) >= 11 is 3.29. The van der Waals surface area contributed by atoms with Gasteiger partial charge in [-0.3, -0.25) is 4.79 Å². The highest BCUT2D eigenvalue weighted by Crippen LogP contribution is 2.10. The third-order valence-electron chi connectivity index (χ3n) is 2.02. The second-order valence-electron chi connectivity index (χ2n) is 3.15. The zero-order valence-electron chi connectivity index (χ0n) is 8.38. The van der Waals surface area contributed by atoms with Gasteiger partial charge in [-0.05, 0) is 40.2 Å². The van der Waals surface area contributed by atoms with E-state index in [0.717, 1.165) is 4.48 Å². The number of hydrogen-bond donors (Lipinski definition) is 0. The third-order valence-corrected chi connectivity index (χ3v) is 2.49. The fourth-order valence-electron chi connectivity index (χ4n) is 1.25. The van der Waals surface area contributed by atoms with Gasteiger partial charge in [-0.15, -0.1) is 0 Å². The Bertz CT molecular complexity index is 477. The van der Waals surface area contributed by atoms with Gasteiger partial charge in [-0.2, -0.15) is 5.10 Å². The molecule has 0 aromatic heterocycles. The number of carbonyl (C=O) groups is 1. The van der Waals surface area contributed by atoms with Crippen LogP contribution in [0.2, 0.25) is 0 Å².